The van der Waals surface area contributed by atoms with Gasteiger partial charge in [-0.2, -0.15) is 0 Å². The van der Waals surface area contributed by atoms with Gasteiger partial charge in [0.25, 0.3) is 5.19 Å². The largest absolute Gasteiger partial charge is 0.466 e. The predicted octanol–water partition coefficient (Wildman–Crippen LogP) is 2.62. The molecule has 6 heteroatoms. The minimum Gasteiger partial charge on any atom is -0.466 e. The van der Waals surface area contributed by atoms with Crippen molar-refractivity contribution in [3.8, 4) is 5.19 Å². The van der Waals surface area contributed by atoms with Crippen LogP contribution in [0.3, 0.4) is 0 Å². The highest BCUT2D eigenvalue weighted by molar-refractivity contribution is 7.13. The Balaban J connectivity index is 1.74. The van der Waals surface area contributed by atoms with E-state index < -0.39 is 0 Å². The molecule has 1 heterocycles. The third-order valence-electron chi connectivity index (χ3n) is 3.79. The minimum atomic E-state index is 0.330. The molecule has 20 heavy (non-hydrogen) atoms. The molecule has 114 valence electrons. The summed E-state index contributed by atoms with van der Waals surface area (Å²) in [6, 6.07) is 0. The van der Waals surface area contributed by atoms with Crippen LogP contribution in [0.4, 0.5) is 0 Å². The zero-order chi connectivity index (χ0) is 14.2. The topological polar surface area (TPSA) is 56.3 Å². The molecule has 0 saturated heterocycles. The summed E-state index contributed by atoms with van der Waals surface area (Å²) in [5.74, 6) is 0.817. The van der Waals surface area contributed by atoms with E-state index in [2.05, 4.69) is 22.4 Å². The van der Waals surface area contributed by atoms with Gasteiger partial charge in [0.05, 0.1) is 6.61 Å². The quantitative estimate of drug-likeness (QED) is 0.748. The fraction of sp³-hybridized carbons (Fsp3) is 0.857. The van der Waals surface area contributed by atoms with Gasteiger partial charge in [0, 0.05) is 20.2 Å². The summed E-state index contributed by atoms with van der Waals surface area (Å²) in [4.78, 5) is 0. The molecule has 1 N–H and O–H groups in total. The van der Waals surface area contributed by atoms with Crippen molar-refractivity contribution >= 4 is 11.3 Å². The standard InChI is InChI=1S/C14H25N3O2S/c1-3-11-5-4-6-12(9-11)19-14-17-16-13(20-14)10-15-7-8-18-2/h11-12,15H,3-10H2,1-2H3. The number of ether oxygens (including phenoxy) is 2. The summed E-state index contributed by atoms with van der Waals surface area (Å²) in [5.41, 5.74) is 0. The van der Waals surface area contributed by atoms with Crippen LogP contribution in [0, 0.1) is 5.92 Å². The Morgan fingerprint density at radius 2 is 2.25 bits per heavy atom. The van der Waals surface area contributed by atoms with E-state index in [-0.39, 0.29) is 0 Å². The molecule has 0 amide bonds. The molecule has 1 aromatic rings. The second kappa shape index (κ2) is 8.54. The van der Waals surface area contributed by atoms with Crippen molar-refractivity contribution < 1.29 is 9.47 Å². The average molecular weight is 299 g/mol. The van der Waals surface area contributed by atoms with Gasteiger partial charge in [0.15, 0.2) is 0 Å². The second-order valence-corrected chi connectivity index (χ2v) is 6.34. The first kappa shape index (κ1) is 15.7. The van der Waals surface area contributed by atoms with E-state index in [1.54, 1.807) is 18.4 Å². The van der Waals surface area contributed by atoms with Crippen molar-refractivity contribution in [1.82, 2.24) is 15.5 Å². The van der Waals surface area contributed by atoms with Crippen LogP contribution in [0.2, 0.25) is 0 Å². The molecule has 5 nitrogen and oxygen atoms in total. The van der Waals surface area contributed by atoms with Crippen LogP contribution in [-0.2, 0) is 11.3 Å². The van der Waals surface area contributed by atoms with Gasteiger partial charge < -0.3 is 14.8 Å². The maximum Gasteiger partial charge on any atom is 0.294 e. The Morgan fingerprint density at radius 3 is 3.05 bits per heavy atom. The molecular formula is C14H25N3O2S. The molecule has 1 aliphatic rings. The molecule has 1 saturated carbocycles. The number of rotatable bonds is 8. The summed E-state index contributed by atoms with van der Waals surface area (Å²) in [5, 5.41) is 13.2. The number of aromatic nitrogens is 2. The molecule has 0 radical (unpaired) electrons. The first-order chi connectivity index (χ1) is 9.81. The zero-order valence-electron chi connectivity index (χ0n) is 12.4. The van der Waals surface area contributed by atoms with Gasteiger partial charge >= 0.3 is 0 Å². The highest BCUT2D eigenvalue weighted by Gasteiger charge is 2.23. The van der Waals surface area contributed by atoms with Crippen molar-refractivity contribution in [3.63, 3.8) is 0 Å². The lowest BCUT2D eigenvalue weighted by Gasteiger charge is -2.27. The Morgan fingerprint density at radius 1 is 1.35 bits per heavy atom. The number of hydrogen-bond donors (Lipinski definition) is 1. The Labute approximate surface area is 125 Å². The monoisotopic (exact) mass is 299 g/mol. The van der Waals surface area contributed by atoms with E-state index in [1.165, 1.54) is 19.3 Å². The van der Waals surface area contributed by atoms with E-state index in [9.17, 15) is 0 Å². The lowest BCUT2D eigenvalue weighted by atomic mass is 9.86. The Hall–Kier alpha value is -0.720. The molecule has 1 fully saturated rings. The predicted molar refractivity (Wildman–Crippen MR) is 80.2 cm³/mol. The summed E-state index contributed by atoms with van der Waals surface area (Å²) in [6.45, 7) is 4.53. The van der Waals surface area contributed by atoms with Gasteiger partial charge in [0.2, 0.25) is 0 Å². The molecule has 1 aliphatic carbocycles. The van der Waals surface area contributed by atoms with E-state index in [0.717, 1.165) is 42.1 Å². The van der Waals surface area contributed by atoms with Gasteiger partial charge in [-0.25, -0.2) is 0 Å². The van der Waals surface area contributed by atoms with E-state index in [1.807, 2.05) is 0 Å². The fourth-order valence-electron chi connectivity index (χ4n) is 2.59. The van der Waals surface area contributed by atoms with E-state index in [4.69, 9.17) is 9.47 Å². The first-order valence-corrected chi connectivity index (χ1v) is 8.32. The summed E-state index contributed by atoms with van der Waals surface area (Å²) < 4.78 is 11.0. The molecule has 2 atom stereocenters. The van der Waals surface area contributed by atoms with E-state index >= 15 is 0 Å². The molecular weight excluding hydrogens is 274 g/mol. The van der Waals surface area contributed by atoms with Crippen molar-refractivity contribution in [2.45, 2.75) is 51.7 Å². The number of nitrogens with one attached hydrogen (secondary N) is 1. The van der Waals surface area contributed by atoms with Crippen LogP contribution < -0.4 is 10.1 Å². The lowest BCUT2D eigenvalue weighted by Crippen LogP contribution is -2.25. The summed E-state index contributed by atoms with van der Waals surface area (Å²) >= 11 is 1.55. The maximum atomic E-state index is 5.99. The number of hydrogen-bond acceptors (Lipinski definition) is 6. The molecule has 2 rings (SSSR count). The lowest BCUT2D eigenvalue weighted by molar-refractivity contribution is 0.121. The molecule has 0 bridgehead atoms. The van der Waals surface area contributed by atoms with Crippen LogP contribution in [0.5, 0.6) is 5.19 Å². The molecule has 0 aromatic carbocycles. The van der Waals surface area contributed by atoms with Crippen molar-refractivity contribution in [3.05, 3.63) is 5.01 Å². The van der Waals surface area contributed by atoms with Crippen LogP contribution in [0.25, 0.3) is 0 Å². The highest BCUT2D eigenvalue weighted by Crippen LogP contribution is 2.30. The second-order valence-electron chi connectivity index (χ2n) is 5.31. The SMILES string of the molecule is CCC1CCCC(Oc2nnc(CNCCOC)s2)C1. The normalized spacial score (nSPS) is 22.9. The van der Waals surface area contributed by atoms with Gasteiger partial charge in [-0.3, -0.25) is 0 Å². The van der Waals surface area contributed by atoms with Crippen molar-refractivity contribution in [2.24, 2.45) is 5.92 Å². The highest BCUT2D eigenvalue weighted by atomic mass is 32.1. The molecule has 0 aliphatic heterocycles. The van der Waals surface area contributed by atoms with E-state index in [0.29, 0.717) is 12.7 Å². The number of methoxy groups -OCH3 is 1. The van der Waals surface area contributed by atoms with Crippen LogP contribution in [0.15, 0.2) is 0 Å². The fourth-order valence-corrected chi connectivity index (χ4v) is 3.31. The number of nitrogens with zero attached hydrogens (tertiary/aromatic N) is 2. The van der Waals surface area contributed by atoms with Gasteiger partial charge in [0.1, 0.15) is 11.1 Å². The molecule has 0 spiro atoms. The smallest absolute Gasteiger partial charge is 0.294 e. The van der Waals surface area contributed by atoms with Gasteiger partial charge in [-0.05, 0) is 25.2 Å². The Bertz CT molecular complexity index is 386. The maximum absolute atomic E-state index is 5.99. The van der Waals surface area contributed by atoms with Crippen molar-refractivity contribution in [1.29, 1.82) is 0 Å². The third kappa shape index (κ3) is 5.00. The molecule has 1 aromatic heterocycles. The van der Waals surface area contributed by atoms with Gasteiger partial charge in [-0.15, -0.1) is 5.10 Å². The van der Waals surface area contributed by atoms with Crippen molar-refractivity contribution in [2.75, 3.05) is 20.3 Å². The first-order valence-electron chi connectivity index (χ1n) is 7.50. The third-order valence-corrected chi connectivity index (χ3v) is 4.60. The molecule has 2 unspecified atom stereocenters. The van der Waals surface area contributed by atoms with Gasteiger partial charge in [-0.1, -0.05) is 36.2 Å². The minimum absolute atomic E-state index is 0.330. The zero-order valence-corrected chi connectivity index (χ0v) is 13.2. The summed E-state index contributed by atoms with van der Waals surface area (Å²) in [6.07, 6.45) is 6.52. The Kier molecular flexibility index (Phi) is 6.69. The van der Waals surface area contributed by atoms with Crippen LogP contribution in [-0.4, -0.2) is 36.6 Å². The van der Waals surface area contributed by atoms with Crippen LogP contribution >= 0.6 is 11.3 Å². The average Bonchev–Trinajstić information content (AvgIpc) is 2.91. The summed E-state index contributed by atoms with van der Waals surface area (Å²) in [7, 11) is 1.70. The van der Waals surface area contributed by atoms with Crippen LogP contribution in [0.1, 0.15) is 44.0 Å².